The van der Waals surface area contributed by atoms with Crippen LogP contribution in [0.3, 0.4) is 0 Å². The smallest absolute Gasteiger partial charge is 0.253 e. The monoisotopic (exact) mass is 307 g/mol. The molecule has 114 valence electrons. The van der Waals surface area contributed by atoms with Crippen LogP contribution in [-0.2, 0) is 10.0 Å². The maximum absolute atomic E-state index is 11.8. The summed E-state index contributed by atoms with van der Waals surface area (Å²) in [7, 11) is 0.170. The molecule has 3 N–H and O–H groups in total. The van der Waals surface area contributed by atoms with Gasteiger partial charge in [-0.3, -0.25) is 5.84 Å². The molecule has 0 radical (unpaired) electrons. The highest BCUT2D eigenvalue weighted by molar-refractivity contribution is 7.89. The Balaban J connectivity index is 0.000000477. The largest absolute Gasteiger partial charge is 0.377 e. The number of hydrogen-bond donors (Lipinski definition) is 2. The average molecular weight is 307 g/mol. The van der Waals surface area contributed by atoms with Crippen molar-refractivity contribution in [3.63, 3.8) is 0 Å². The second-order valence-electron chi connectivity index (χ2n) is 5.20. The van der Waals surface area contributed by atoms with E-state index in [4.69, 9.17) is 5.84 Å². The van der Waals surface area contributed by atoms with Crippen molar-refractivity contribution in [2.75, 3.05) is 19.0 Å². The van der Waals surface area contributed by atoms with Gasteiger partial charge in [0.2, 0.25) is 0 Å². The summed E-state index contributed by atoms with van der Waals surface area (Å²) in [6.07, 6.45) is 4.50. The van der Waals surface area contributed by atoms with Gasteiger partial charge in [0.1, 0.15) is 0 Å². The van der Waals surface area contributed by atoms with Gasteiger partial charge < -0.3 is 4.90 Å². The lowest BCUT2D eigenvalue weighted by Gasteiger charge is -2.16. The third-order valence-electron chi connectivity index (χ3n) is 3.14. The number of nitrogens with one attached hydrogen (secondary N) is 1. The van der Waals surface area contributed by atoms with Crippen LogP contribution in [0.5, 0.6) is 0 Å². The van der Waals surface area contributed by atoms with Gasteiger partial charge >= 0.3 is 0 Å². The Kier molecular flexibility index (Phi) is 4.82. The summed E-state index contributed by atoms with van der Waals surface area (Å²) in [5, 5.41) is 1.53. The van der Waals surface area contributed by atoms with Crippen molar-refractivity contribution < 1.29 is 8.42 Å². The molecule has 0 bridgehead atoms. The number of nitrogens with zero attached hydrogens (tertiary/aromatic N) is 1. The van der Waals surface area contributed by atoms with E-state index in [1.807, 2.05) is 42.0 Å². The third-order valence-corrected chi connectivity index (χ3v) is 4.38. The highest BCUT2D eigenvalue weighted by Crippen LogP contribution is 2.29. The molecule has 1 aliphatic carbocycles. The molecule has 6 heteroatoms. The van der Waals surface area contributed by atoms with E-state index in [1.54, 1.807) is 12.1 Å². The number of hydrazine groups is 1. The van der Waals surface area contributed by atoms with Crippen LogP contribution in [0.2, 0.25) is 0 Å². The van der Waals surface area contributed by atoms with Crippen LogP contribution in [0, 0.1) is 0 Å². The molecule has 5 nitrogen and oxygen atoms in total. The van der Waals surface area contributed by atoms with Crippen LogP contribution in [0.1, 0.15) is 19.3 Å². The molecule has 1 aliphatic rings. The molecule has 2 aromatic carbocycles. The topological polar surface area (TPSA) is 75.4 Å². The van der Waals surface area contributed by atoms with Crippen molar-refractivity contribution >= 4 is 26.5 Å². The molecule has 1 fully saturated rings. The average Bonchev–Trinajstić information content (AvgIpc) is 3.34. The molecule has 2 aromatic rings. The van der Waals surface area contributed by atoms with Crippen LogP contribution in [-0.4, -0.2) is 22.5 Å². The first-order valence-electron chi connectivity index (χ1n) is 6.89. The zero-order valence-corrected chi connectivity index (χ0v) is 13.2. The van der Waals surface area contributed by atoms with Gasteiger partial charge in [0.15, 0.2) is 0 Å². The van der Waals surface area contributed by atoms with Gasteiger partial charge in [0, 0.05) is 30.6 Å². The van der Waals surface area contributed by atoms with Crippen molar-refractivity contribution in [2.24, 2.45) is 5.84 Å². The molecule has 0 amide bonds. The lowest BCUT2D eigenvalue weighted by molar-refractivity contribution is 0.585. The summed E-state index contributed by atoms with van der Waals surface area (Å²) in [5.74, 6) is 5.08. The maximum Gasteiger partial charge on any atom is 0.253 e. The number of rotatable bonds is 3. The molecule has 0 atom stereocenters. The van der Waals surface area contributed by atoms with Gasteiger partial charge in [-0.15, -0.1) is 0 Å². The van der Waals surface area contributed by atoms with Gasteiger partial charge in [-0.05, 0) is 12.1 Å². The van der Waals surface area contributed by atoms with Gasteiger partial charge in [-0.1, -0.05) is 43.5 Å². The van der Waals surface area contributed by atoms with E-state index >= 15 is 0 Å². The Labute approximate surface area is 125 Å². The van der Waals surface area contributed by atoms with E-state index in [0.717, 1.165) is 11.1 Å². The number of sulfonamides is 1. The van der Waals surface area contributed by atoms with E-state index in [-0.39, 0.29) is 4.90 Å². The summed E-state index contributed by atoms with van der Waals surface area (Å²) in [6.45, 7) is 0. The zero-order valence-electron chi connectivity index (χ0n) is 12.3. The molecule has 0 spiro atoms. The Morgan fingerprint density at radius 3 is 2.10 bits per heavy atom. The SMILES string of the molecule is C1CC1.CN(C)c1cccc2c(S(=O)(=O)NN)cccc12. The highest BCUT2D eigenvalue weighted by atomic mass is 32.2. The van der Waals surface area contributed by atoms with Crippen LogP contribution >= 0.6 is 0 Å². The standard InChI is InChI=1S/C12H15N3O2S.C3H6/c1-15(2)11-7-3-6-10-9(11)5-4-8-12(10)18(16,17)14-13;1-2-3-1/h3-8,14H,13H2,1-2H3;1-3H2. The van der Waals surface area contributed by atoms with Crippen LogP contribution in [0.15, 0.2) is 41.3 Å². The Hall–Kier alpha value is -1.63. The minimum atomic E-state index is -3.66. The Morgan fingerprint density at radius 2 is 1.57 bits per heavy atom. The van der Waals surface area contributed by atoms with Crippen molar-refractivity contribution in [3.05, 3.63) is 36.4 Å². The normalized spacial score (nSPS) is 13.5. The molecule has 0 aliphatic heterocycles. The fourth-order valence-corrected chi connectivity index (χ4v) is 2.80. The van der Waals surface area contributed by atoms with E-state index in [2.05, 4.69) is 0 Å². The molecule has 0 unspecified atom stereocenters. The zero-order chi connectivity index (χ0) is 15.5. The van der Waals surface area contributed by atoms with Crippen molar-refractivity contribution in [1.29, 1.82) is 0 Å². The van der Waals surface area contributed by atoms with E-state index in [0.29, 0.717) is 5.39 Å². The predicted molar refractivity (Wildman–Crippen MR) is 86.6 cm³/mol. The highest BCUT2D eigenvalue weighted by Gasteiger charge is 2.16. The van der Waals surface area contributed by atoms with Gasteiger partial charge in [-0.25, -0.2) is 8.42 Å². The minimum absolute atomic E-state index is 0.186. The molecule has 0 heterocycles. The molecule has 0 aromatic heterocycles. The summed E-state index contributed by atoms with van der Waals surface area (Å²) in [4.78, 5) is 3.98. The first-order valence-corrected chi connectivity index (χ1v) is 8.37. The first kappa shape index (κ1) is 15.8. The lowest BCUT2D eigenvalue weighted by atomic mass is 10.1. The molecular weight excluding hydrogens is 286 g/mol. The molecular formula is C15H21N3O2S. The molecule has 3 rings (SSSR count). The molecule has 21 heavy (non-hydrogen) atoms. The minimum Gasteiger partial charge on any atom is -0.377 e. The fraction of sp³-hybridized carbons (Fsp3) is 0.333. The third kappa shape index (κ3) is 3.72. The Bertz CT molecular complexity index is 722. The van der Waals surface area contributed by atoms with Gasteiger partial charge in [0.25, 0.3) is 10.0 Å². The fourth-order valence-electron chi connectivity index (χ4n) is 1.95. The quantitative estimate of drug-likeness (QED) is 0.673. The molecule has 1 saturated carbocycles. The van der Waals surface area contributed by atoms with Crippen LogP contribution < -0.4 is 15.6 Å². The number of benzene rings is 2. The maximum atomic E-state index is 11.8. The van der Waals surface area contributed by atoms with Crippen molar-refractivity contribution in [1.82, 2.24) is 4.83 Å². The number of nitrogens with two attached hydrogens (primary N) is 1. The van der Waals surface area contributed by atoms with Crippen molar-refractivity contribution in [2.45, 2.75) is 24.2 Å². The van der Waals surface area contributed by atoms with Gasteiger partial charge in [0.05, 0.1) is 4.90 Å². The summed E-state index contributed by atoms with van der Waals surface area (Å²) in [6, 6.07) is 10.7. The number of anilines is 1. The van der Waals surface area contributed by atoms with E-state index < -0.39 is 10.0 Å². The Morgan fingerprint density at radius 1 is 1.00 bits per heavy atom. The summed E-state index contributed by atoms with van der Waals surface area (Å²) < 4.78 is 23.7. The van der Waals surface area contributed by atoms with Crippen LogP contribution in [0.25, 0.3) is 10.8 Å². The summed E-state index contributed by atoms with van der Waals surface area (Å²) in [5.41, 5.74) is 0.960. The van der Waals surface area contributed by atoms with Gasteiger partial charge in [-0.2, -0.15) is 4.83 Å². The van der Waals surface area contributed by atoms with Crippen LogP contribution in [0.4, 0.5) is 5.69 Å². The van der Waals surface area contributed by atoms with E-state index in [9.17, 15) is 8.42 Å². The number of hydrogen-bond acceptors (Lipinski definition) is 4. The van der Waals surface area contributed by atoms with E-state index in [1.165, 1.54) is 25.3 Å². The number of fused-ring (bicyclic) bond motifs is 1. The first-order chi connectivity index (χ1) is 9.97. The molecule has 0 saturated heterocycles. The second kappa shape index (κ2) is 6.43. The predicted octanol–water partition coefficient (Wildman–Crippen LogP) is 2.23. The summed E-state index contributed by atoms with van der Waals surface area (Å²) >= 11 is 0. The van der Waals surface area contributed by atoms with Crippen molar-refractivity contribution in [3.8, 4) is 0 Å². The lowest BCUT2D eigenvalue weighted by Crippen LogP contribution is -2.30. The second-order valence-corrected chi connectivity index (χ2v) is 6.89.